The summed E-state index contributed by atoms with van der Waals surface area (Å²) in [5.74, 6) is -0.424. The number of nitrogens with one attached hydrogen (secondary N) is 1. The molecular formula is C11H15ClFNO. The highest BCUT2D eigenvalue weighted by Crippen LogP contribution is 2.19. The van der Waals surface area contributed by atoms with Crippen LogP contribution in [0.5, 0.6) is 0 Å². The highest BCUT2D eigenvalue weighted by atomic mass is 35.5. The Bertz CT molecular complexity index is 299. The summed E-state index contributed by atoms with van der Waals surface area (Å²) in [5, 5.41) is 13.1. The van der Waals surface area contributed by atoms with E-state index in [-0.39, 0.29) is 0 Å². The van der Waals surface area contributed by atoms with Gasteiger partial charge in [-0.05, 0) is 36.7 Å². The largest absolute Gasteiger partial charge is 0.387 e. The summed E-state index contributed by atoms with van der Waals surface area (Å²) in [6.45, 7) is 3.28. The molecule has 4 heteroatoms. The van der Waals surface area contributed by atoms with Crippen LogP contribution >= 0.6 is 11.6 Å². The Balaban J connectivity index is 2.60. The Kier molecular flexibility index (Phi) is 5.02. The monoisotopic (exact) mass is 231 g/mol. The second-order valence-electron chi connectivity index (χ2n) is 3.42. The smallest absolute Gasteiger partial charge is 0.125 e. The van der Waals surface area contributed by atoms with Crippen LogP contribution in [0.4, 0.5) is 4.39 Å². The van der Waals surface area contributed by atoms with Crippen LogP contribution in [0.1, 0.15) is 25.0 Å². The molecule has 1 aromatic rings. The van der Waals surface area contributed by atoms with Crippen molar-refractivity contribution in [2.45, 2.75) is 19.4 Å². The van der Waals surface area contributed by atoms with Crippen molar-refractivity contribution in [3.63, 3.8) is 0 Å². The molecule has 0 spiro atoms. The minimum absolute atomic E-state index is 0.305. The van der Waals surface area contributed by atoms with Crippen LogP contribution in [0.3, 0.4) is 0 Å². The van der Waals surface area contributed by atoms with E-state index in [9.17, 15) is 9.50 Å². The second-order valence-corrected chi connectivity index (χ2v) is 3.86. The molecular weight excluding hydrogens is 217 g/mol. The zero-order valence-corrected chi connectivity index (χ0v) is 9.39. The van der Waals surface area contributed by atoms with Gasteiger partial charge in [-0.15, -0.1) is 0 Å². The summed E-state index contributed by atoms with van der Waals surface area (Å²) in [6.07, 6.45) is 0.279. The average Bonchev–Trinajstić information content (AvgIpc) is 2.16. The summed E-state index contributed by atoms with van der Waals surface area (Å²) >= 11 is 5.68. The maximum Gasteiger partial charge on any atom is 0.125 e. The van der Waals surface area contributed by atoms with Gasteiger partial charge in [-0.1, -0.05) is 18.5 Å². The summed E-state index contributed by atoms with van der Waals surface area (Å²) in [4.78, 5) is 0. The lowest BCUT2D eigenvalue weighted by Crippen LogP contribution is -2.22. The first kappa shape index (κ1) is 12.4. The van der Waals surface area contributed by atoms with Gasteiger partial charge in [0, 0.05) is 11.6 Å². The van der Waals surface area contributed by atoms with Crippen LogP contribution in [-0.4, -0.2) is 18.2 Å². The number of halogens is 2. The first-order chi connectivity index (χ1) is 7.13. The Hall–Kier alpha value is -0.640. The van der Waals surface area contributed by atoms with E-state index in [2.05, 4.69) is 5.32 Å². The number of aliphatic hydroxyl groups is 1. The Morgan fingerprint density at radius 3 is 2.80 bits per heavy atom. The predicted molar refractivity (Wildman–Crippen MR) is 59.5 cm³/mol. The lowest BCUT2D eigenvalue weighted by atomic mass is 10.1. The second kappa shape index (κ2) is 6.05. The normalized spacial score (nSPS) is 12.8. The number of hydrogen-bond donors (Lipinski definition) is 2. The van der Waals surface area contributed by atoms with Crippen molar-refractivity contribution < 1.29 is 9.50 Å². The fourth-order valence-corrected chi connectivity index (χ4v) is 1.53. The minimum Gasteiger partial charge on any atom is -0.387 e. The molecule has 0 saturated heterocycles. The van der Waals surface area contributed by atoms with E-state index >= 15 is 0 Å². The lowest BCUT2D eigenvalue weighted by Gasteiger charge is -2.12. The van der Waals surface area contributed by atoms with Gasteiger partial charge in [-0.2, -0.15) is 0 Å². The standard InChI is InChI=1S/C11H15ClFNO/c1-2-3-14-7-11(15)8-4-9(12)6-10(13)5-8/h4-6,11,14-15H,2-3,7H2,1H3. The number of aliphatic hydroxyl groups excluding tert-OH is 1. The van der Waals surface area contributed by atoms with E-state index in [1.165, 1.54) is 12.1 Å². The number of rotatable bonds is 5. The van der Waals surface area contributed by atoms with Crippen LogP contribution in [0, 0.1) is 5.82 Å². The average molecular weight is 232 g/mol. The molecule has 0 aliphatic rings. The van der Waals surface area contributed by atoms with Gasteiger partial charge < -0.3 is 10.4 Å². The Morgan fingerprint density at radius 2 is 2.20 bits per heavy atom. The predicted octanol–water partition coefficient (Wildman–Crippen LogP) is 2.51. The molecule has 84 valence electrons. The van der Waals surface area contributed by atoms with Crippen molar-refractivity contribution >= 4 is 11.6 Å². The van der Waals surface area contributed by atoms with Crippen molar-refractivity contribution in [3.8, 4) is 0 Å². The van der Waals surface area contributed by atoms with Gasteiger partial charge in [0.15, 0.2) is 0 Å². The SMILES string of the molecule is CCCNCC(O)c1cc(F)cc(Cl)c1. The van der Waals surface area contributed by atoms with E-state index in [1.54, 1.807) is 6.07 Å². The molecule has 1 unspecified atom stereocenters. The zero-order chi connectivity index (χ0) is 11.3. The highest BCUT2D eigenvalue weighted by molar-refractivity contribution is 6.30. The summed E-state index contributed by atoms with van der Waals surface area (Å²) in [7, 11) is 0. The Labute approximate surface area is 94.1 Å². The van der Waals surface area contributed by atoms with Crippen LogP contribution in [0.2, 0.25) is 5.02 Å². The molecule has 0 saturated carbocycles. The molecule has 0 aromatic heterocycles. The molecule has 2 nitrogen and oxygen atoms in total. The van der Waals surface area contributed by atoms with E-state index in [0.29, 0.717) is 17.1 Å². The summed E-state index contributed by atoms with van der Waals surface area (Å²) < 4.78 is 13.0. The maximum absolute atomic E-state index is 13.0. The van der Waals surface area contributed by atoms with Gasteiger partial charge in [0.25, 0.3) is 0 Å². The van der Waals surface area contributed by atoms with Crippen LogP contribution in [0.25, 0.3) is 0 Å². The van der Waals surface area contributed by atoms with Crippen molar-refractivity contribution in [3.05, 3.63) is 34.6 Å². The number of benzene rings is 1. The molecule has 1 atom stereocenters. The van der Waals surface area contributed by atoms with Crippen molar-refractivity contribution in [1.29, 1.82) is 0 Å². The first-order valence-electron chi connectivity index (χ1n) is 4.98. The van der Waals surface area contributed by atoms with E-state index < -0.39 is 11.9 Å². The van der Waals surface area contributed by atoms with Crippen LogP contribution in [-0.2, 0) is 0 Å². The van der Waals surface area contributed by atoms with Crippen LogP contribution in [0.15, 0.2) is 18.2 Å². The molecule has 1 rings (SSSR count). The number of hydrogen-bond acceptors (Lipinski definition) is 2. The molecule has 2 N–H and O–H groups in total. The van der Waals surface area contributed by atoms with E-state index in [1.807, 2.05) is 6.92 Å². The van der Waals surface area contributed by atoms with Crippen molar-refractivity contribution in [2.24, 2.45) is 0 Å². The molecule has 0 radical (unpaired) electrons. The molecule has 0 fully saturated rings. The van der Waals surface area contributed by atoms with Gasteiger partial charge in [0.1, 0.15) is 5.82 Å². The fraction of sp³-hybridized carbons (Fsp3) is 0.455. The molecule has 0 bridgehead atoms. The molecule has 15 heavy (non-hydrogen) atoms. The van der Waals surface area contributed by atoms with Crippen molar-refractivity contribution in [2.75, 3.05) is 13.1 Å². The quantitative estimate of drug-likeness (QED) is 0.764. The fourth-order valence-electron chi connectivity index (χ4n) is 1.30. The minimum atomic E-state index is -0.718. The lowest BCUT2D eigenvalue weighted by molar-refractivity contribution is 0.174. The highest BCUT2D eigenvalue weighted by Gasteiger charge is 2.08. The van der Waals surface area contributed by atoms with Crippen molar-refractivity contribution in [1.82, 2.24) is 5.32 Å². The molecule has 0 aliphatic heterocycles. The first-order valence-corrected chi connectivity index (χ1v) is 5.36. The van der Waals surface area contributed by atoms with E-state index in [0.717, 1.165) is 13.0 Å². The van der Waals surface area contributed by atoms with Gasteiger partial charge >= 0.3 is 0 Å². The third kappa shape index (κ3) is 4.16. The van der Waals surface area contributed by atoms with E-state index in [4.69, 9.17) is 11.6 Å². The van der Waals surface area contributed by atoms with Crippen LogP contribution < -0.4 is 5.32 Å². The van der Waals surface area contributed by atoms with Gasteiger partial charge in [0.2, 0.25) is 0 Å². The van der Waals surface area contributed by atoms with Gasteiger partial charge in [0.05, 0.1) is 6.10 Å². The molecule has 0 amide bonds. The van der Waals surface area contributed by atoms with Gasteiger partial charge in [-0.25, -0.2) is 4.39 Å². The Morgan fingerprint density at radius 1 is 1.47 bits per heavy atom. The third-order valence-electron chi connectivity index (χ3n) is 2.03. The molecule has 0 heterocycles. The molecule has 1 aromatic carbocycles. The summed E-state index contributed by atoms with van der Waals surface area (Å²) in [5.41, 5.74) is 0.503. The zero-order valence-electron chi connectivity index (χ0n) is 8.63. The third-order valence-corrected chi connectivity index (χ3v) is 2.25. The van der Waals surface area contributed by atoms with Gasteiger partial charge in [-0.3, -0.25) is 0 Å². The maximum atomic E-state index is 13.0. The summed E-state index contributed by atoms with van der Waals surface area (Å²) in [6, 6.07) is 4.09. The molecule has 0 aliphatic carbocycles. The topological polar surface area (TPSA) is 32.3 Å².